The van der Waals surface area contributed by atoms with Crippen LogP contribution in [0.4, 0.5) is 4.39 Å². The highest BCUT2D eigenvalue weighted by atomic mass is 19.1. The van der Waals surface area contributed by atoms with Crippen LogP contribution in [0.2, 0.25) is 0 Å². The molecule has 25 heavy (non-hydrogen) atoms. The van der Waals surface area contributed by atoms with Crippen molar-refractivity contribution in [2.45, 2.75) is 13.3 Å². The Bertz CT molecular complexity index is 756. The van der Waals surface area contributed by atoms with E-state index >= 15 is 0 Å². The lowest BCUT2D eigenvalue weighted by Gasteiger charge is -2.34. The van der Waals surface area contributed by atoms with Gasteiger partial charge in [-0.25, -0.2) is 4.39 Å². The summed E-state index contributed by atoms with van der Waals surface area (Å²) in [7, 11) is 0. The summed E-state index contributed by atoms with van der Waals surface area (Å²) in [5, 5.41) is 0. The Morgan fingerprint density at radius 2 is 1.68 bits per heavy atom. The van der Waals surface area contributed by atoms with Crippen LogP contribution in [-0.2, 0) is 9.59 Å². The lowest BCUT2D eigenvalue weighted by atomic mass is 10.1. The van der Waals surface area contributed by atoms with E-state index in [1.54, 1.807) is 9.80 Å². The van der Waals surface area contributed by atoms with E-state index in [0.29, 0.717) is 26.2 Å². The molecule has 1 fully saturated rings. The molecule has 0 N–H and O–H groups in total. The number of benzene rings is 1. The molecule has 3 rings (SSSR count). The number of rotatable bonds is 3. The molecule has 0 saturated carbocycles. The Balaban J connectivity index is 1.59. The fourth-order valence-electron chi connectivity index (χ4n) is 3.13. The maximum Gasteiger partial charge on any atom is 0.264 e. The van der Waals surface area contributed by atoms with Gasteiger partial charge in [0.2, 0.25) is 11.8 Å². The van der Waals surface area contributed by atoms with Crippen LogP contribution in [0.15, 0.2) is 18.2 Å². The SMILES string of the molecule is CC(=O)N1CCN(C(=O)CCN2C(=O)c3cccc(F)c3C2=O)CC1. The largest absolute Gasteiger partial charge is 0.339 e. The van der Waals surface area contributed by atoms with Crippen LogP contribution in [0.1, 0.15) is 34.1 Å². The van der Waals surface area contributed by atoms with E-state index in [0.717, 1.165) is 11.0 Å². The lowest BCUT2D eigenvalue weighted by molar-refractivity contribution is -0.138. The van der Waals surface area contributed by atoms with Crippen molar-refractivity contribution in [3.05, 3.63) is 35.1 Å². The number of amides is 4. The van der Waals surface area contributed by atoms with Gasteiger partial charge in [-0.15, -0.1) is 0 Å². The van der Waals surface area contributed by atoms with Crippen LogP contribution in [0.5, 0.6) is 0 Å². The van der Waals surface area contributed by atoms with Crippen molar-refractivity contribution >= 4 is 23.6 Å². The molecule has 2 aliphatic rings. The molecule has 1 aromatic rings. The van der Waals surface area contributed by atoms with E-state index < -0.39 is 17.6 Å². The van der Waals surface area contributed by atoms with Gasteiger partial charge < -0.3 is 9.80 Å². The van der Waals surface area contributed by atoms with E-state index in [9.17, 15) is 23.6 Å². The van der Waals surface area contributed by atoms with Crippen LogP contribution in [0, 0.1) is 5.82 Å². The summed E-state index contributed by atoms with van der Waals surface area (Å²) in [4.78, 5) is 52.2. The second-order valence-electron chi connectivity index (χ2n) is 6.06. The zero-order valence-electron chi connectivity index (χ0n) is 13.8. The monoisotopic (exact) mass is 347 g/mol. The average molecular weight is 347 g/mol. The summed E-state index contributed by atoms with van der Waals surface area (Å²) in [6.07, 6.45) is -0.0207. The van der Waals surface area contributed by atoms with Crippen molar-refractivity contribution in [3.63, 3.8) is 0 Å². The number of hydrogen-bond donors (Lipinski definition) is 0. The van der Waals surface area contributed by atoms with Crippen LogP contribution in [0.25, 0.3) is 0 Å². The first-order valence-corrected chi connectivity index (χ1v) is 8.08. The molecule has 0 aliphatic carbocycles. The van der Waals surface area contributed by atoms with Crippen molar-refractivity contribution in [1.29, 1.82) is 0 Å². The zero-order valence-corrected chi connectivity index (χ0v) is 13.8. The van der Waals surface area contributed by atoms with E-state index in [1.165, 1.54) is 19.1 Å². The quantitative estimate of drug-likeness (QED) is 0.746. The first-order chi connectivity index (χ1) is 11.9. The summed E-state index contributed by atoms with van der Waals surface area (Å²) in [5.74, 6) is -2.23. The third kappa shape index (κ3) is 3.11. The van der Waals surface area contributed by atoms with Crippen LogP contribution < -0.4 is 0 Å². The van der Waals surface area contributed by atoms with Gasteiger partial charge in [-0.05, 0) is 12.1 Å². The first kappa shape index (κ1) is 17.1. The highest BCUT2D eigenvalue weighted by Crippen LogP contribution is 2.25. The summed E-state index contributed by atoms with van der Waals surface area (Å²) in [6.45, 7) is 3.19. The van der Waals surface area contributed by atoms with Crippen molar-refractivity contribution in [1.82, 2.24) is 14.7 Å². The minimum absolute atomic E-state index is 0.0207. The van der Waals surface area contributed by atoms with E-state index in [4.69, 9.17) is 0 Å². The van der Waals surface area contributed by atoms with Gasteiger partial charge in [0.25, 0.3) is 11.8 Å². The molecule has 0 aromatic heterocycles. The topological polar surface area (TPSA) is 78.0 Å². The first-order valence-electron chi connectivity index (χ1n) is 8.08. The van der Waals surface area contributed by atoms with Gasteiger partial charge in [-0.3, -0.25) is 24.1 Å². The average Bonchev–Trinajstić information content (AvgIpc) is 2.85. The molecular formula is C17H18FN3O4. The molecule has 7 nitrogen and oxygen atoms in total. The third-order valence-electron chi connectivity index (χ3n) is 4.58. The van der Waals surface area contributed by atoms with Gasteiger partial charge in [0.1, 0.15) is 5.82 Å². The fourth-order valence-corrected chi connectivity index (χ4v) is 3.13. The molecule has 0 unspecified atom stereocenters. The third-order valence-corrected chi connectivity index (χ3v) is 4.58. The molecular weight excluding hydrogens is 329 g/mol. The maximum absolute atomic E-state index is 13.8. The number of carbonyl (C=O) groups is 4. The Morgan fingerprint density at radius 3 is 2.28 bits per heavy atom. The Labute approximate surface area is 144 Å². The summed E-state index contributed by atoms with van der Waals surface area (Å²) in [5.41, 5.74) is -0.192. The fraction of sp³-hybridized carbons (Fsp3) is 0.412. The molecule has 2 heterocycles. The highest BCUT2D eigenvalue weighted by molar-refractivity contribution is 6.21. The number of fused-ring (bicyclic) bond motifs is 1. The predicted molar refractivity (Wildman–Crippen MR) is 85.2 cm³/mol. The second-order valence-corrected chi connectivity index (χ2v) is 6.06. The van der Waals surface area contributed by atoms with Gasteiger partial charge in [-0.2, -0.15) is 0 Å². The predicted octanol–water partition coefficient (Wildman–Crippen LogP) is 0.502. The molecule has 1 aromatic carbocycles. The number of hydrogen-bond acceptors (Lipinski definition) is 4. The highest BCUT2D eigenvalue weighted by Gasteiger charge is 2.38. The van der Waals surface area contributed by atoms with Crippen molar-refractivity contribution < 1.29 is 23.6 Å². The number of imide groups is 1. The zero-order chi connectivity index (χ0) is 18.1. The molecule has 0 radical (unpaired) electrons. The molecule has 2 aliphatic heterocycles. The molecule has 8 heteroatoms. The second kappa shape index (κ2) is 6.62. The summed E-state index contributed by atoms with van der Waals surface area (Å²) < 4.78 is 13.8. The molecule has 0 bridgehead atoms. The summed E-state index contributed by atoms with van der Waals surface area (Å²) >= 11 is 0. The number of carbonyl (C=O) groups excluding carboxylic acids is 4. The van der Waals surface area contributed by atoms with E-state index in [-0.39, 0.29) is 35.9 Å². The van der Waals surface area contributed by atoms with Gasteiger partial charge in [-0.1, -0.05) is 6.07 Å². The smallest absolute Gasteiger partial charge is 0.264 e. The number of halogens is 1. The summed E-state index contributed by atoms with van der Waals surface area (Å²) in [6, 6.07) is 3.91. The van der Waals surface area contributed by atoms with Crippen molar-refractivity contribution in [3.8, 4) is 0 Å². The Kier molecular flexibility index (Phi) is 4.52. The van der Waals surface area contributed by atoms with Gasteiger partial charge in [0.15, 0.2) is 0 Å². The van der Waals surface area contributed by atoms with Crippen LogP contribution in [-0.4, -0.2) is 71.1 Å². The van der Waals surface area contributed by atoms with Crippen LogP contribution >= 0.6 is 0 Å². The normalized spacial score (nSPS) is 17.1. The standard InChI is InChI=1S/C17H18FN3O4/c1-11(22)19-7-9-20(10-8-19)14(23)5-6-21-16(24)12-3-2-4-13(18)15(12)17(21)25/h2-4H,5-10H2,1H3. The van der Waals surface area contributed by atoms with Gasteiger partial charge in [0.05, 0.1) is 11.1 Å². The Hall–Kier alpha value is -2.77. The lowest BCUT2D eigenvalue weighted by Crippen LogP contribution is -2.50. The molecule has 0 atom stereocenters. The number of nitrogens with zero attached hydrogens (tertiary/aromatic N) is 3. The minimum atomic E-state index is -0.731. The van der Waals surface area contributed by atoms with Crippen molar-refractivity contribution in [2.75, 3.05) is 32.7 Å². The Morgan fingerprint density at radius 1 is 1.04 bits per heavy atom. The van der Waals surface area contributed by atoms with E-state index in [1.807, 2.05) is 0 Å². The molecule has 132 valence electrons. The number of piperazine rings is 1. The maximum atomic E-state index is 13.8. The van der Waals surface area contributed by atoms with Gasteiger partial charge >= 0.3 is 0 Å². The minimum Gasteiger partial charge on any atom is -0.339 e. The van der Waals surface area contributed by atoms with Gasteiger partial charge in [0, 0.05) is 46.1 Å². The van der Waals surface area contributed by atoms with E-state index in [2.05, 4.69) is 0 Å². The van der Waals surface area contributed by atoms with Crippen molar-refractivity contribution in [2.24, 2.45) is 0 Å². The molecule has 1 saturated heterocycles. The van der Waals surface area contributed by atoms with Crippen LogP contribution in [0.3, 0.4) is 0 Å². The molecule has 0 spiro atoms. The molecule has 4 amide bonds.